The molecule has 1 aliphatic heterocycles. The van der Waals surface area contributed by atoms with Crippen LogP contribution < -0.4 is 0 Å². The molecule has 1 N–H and O–H groups in total. The van der Waals surface area contributed by atoms with Gasteiger partial charge in [-0.25, -0.2) is 4.79 Å². The van der Waals surface area contributed by atoms with Crippen molar-refractivity contribution in [1.82, 2.24) is 4.90 Å². The second-order valence-corrected chi connectivity index (χ2v) is 5.52. The van der Waals surface area contributed by atoms with Crippen molar-refractivity contribution in [2.75, 3.05) is 19.7 Å². The van der Waals surface area contributed by atoms with Gasteiger partial charge in [-0.3, -0.25) is 4.90 Å². The number of hydrogen-bond donors (Lipinski definition) is 1. The van der Waals surface area contributed by atoms with Gasteiger partial charge in [0.25, 0.3) is 0 Å². The first kappa shape index (κ1) is 11.4. The topological polar surface area (TPSA) is 49.8 Å². The van der Waals surface area contributed by atoms with Crippen molar-refractivity contribution >= 4 is 21.9 Å². The van der Waals surface area contributed by atoms with Gasteiger partial charge in [-0.1, -0.05) is 15.9 Å². The standard InChI is InChI=1S/C10H16BrNO3/c1-6(7-4-8(7)11)12-2-3-15-9(5-12)10(13)14/h6-9H,2-5H2,1H3,(H,13,14). The quantitative estimate of drug-likeness (QED) is 0.781. The zero-order chi connectivity index (χ0) is 11.0. The van der Waals surface area contributed by atoms with Crippen molar-refractivity contribution in [1.29, 1.82) is 0 Å². The minimum atomic E-state index is -0.849. The number of alkyl halides is 1. The van der Waals surface area contributed by atoms with Gasteiger partial charge in [0.2, 0.25) is 0 Å². The van der Waals surface area contributed by atoms with Crippen molar-refractivity contribution in [2.24, 2.45) is 5.92 Å². The second-order valence-electron chi connectivity index (χ2n) is 4.35. The van der Waals surface area contributed by atoms with E-state index in [1.165, 1.54) is 6.42 Å². The summed E-state index contributed by atoms with van der Waals surface area (Å²) < 4.78 is 5.19. The van der Waals surface area contributed by atoms with E-state index in [9.17, 15) is 4.79 Å². The van der Waals surface area contributed by atoms with Crippen molar-refractivity contribution < 1.29 is 14.6 Å². The van der Waals surface area contributed by atoms with E-state index in [1.807, 2.05) is 0 Å². The fourth-order valence-electron chi connectivity index (χ4n) is 2.14. The Bertz CT molecular complexity index is 261. The summed E-state index contributed by atoms with van der Waals surface area (Å²) in [5, 5.41) is 8.88. The highest BCUT2D eigenvalue weighted by Gasteiger charge is 2.42. The zero-order valence-electron chi connectivity index (χ0n) is 8.73. The third-order valence-electron chi connectivity index (χ3n) is 3.33. The van der Waals surface area contributed by atoms with Gasteiger partial charge in [-0.15, -0.1) is 0 Å². The Morgan fingerprint density at radius 2 is 2.33 bits per heavy atom. The highest BCUT2D eigenvalue weighted by Crippen LogP contribution is 2.42. The van der Waals surface area contributed by atoms with Gasteiger partial charge in [0.15, 0.2) is 6.10 Å². The largest absolute Gasteiger partial charge is 0.479 e. The highest BCUT2D eigenvalue weighted by atomic mass is 79.9. The lowest BCUT2D eigenvalue weighted by atomic mass is 10.1. The van der Waals surface area contributed by atoms with Gasteiger partial charge in [0.1, 0.15) is 0 Å². The molecule has 1 saturated heterocycles. The molecule has 15 heavy (non-hydrogen) atoms. The molecule has 1 aliphatic carbocycles. The molecule has 0 aromatic carbocycles. The molecule has 0 spiro atoms. The number of carboxylic acid groups (broad SMARTS) is 1. The number of halogens is 1. The number of rotatable bonds is 3. The van der Waals surface area contributed by atoms with E-state index < -0.39 is 12.1 Å². The molecule has 2 aliphatic rings. The van der Waals surface area contributed by atoms with Crippen LogP contribution in [0.15, 0.2) is 0 Å². The number of carboxylic acids is 1. The van der Waals surface area contributed by atoms with E-state index in [-0.39, 0.29) is 0 Å². The van der Waals surface area contributed by atoms with Crippen LogP contribution in [0.2, 0.25) is 0 Å². The molecule has 0 aromatic heterocycles. The third-order valence-corrected chi connectivity index (χ3v) is 4.38. The molecule has 2 fully saturated rings. The van der Waals surface area contributed by atoms with Crippen molar-refractivity contribution in [3.05, 3.63) is 0 Å². The maximum atomic E-state index is 10.8. The molecular weight excluding hydrogens is 262 g/mol. The fraction of sp³-hybridized carbons (Fsp3) is 0.900. The number of nitrogens with zero attached hydrogens (tertiary/aromatic N) is 1. The molecule has 0 aromatic rings. The first-order valence-electron chi connectivity index (χ1n) is 5.32. The van der Waals surface area contributed by atoms with E-state index in [4.69, 9.17) is 9.84 Å². The molecule has 0 amide bonds. The predicted octanol–water partition coefficient (Wildman–Crippen LogP) is 0.944. The van der Waals surface area contributed by atoms with Gasteiger partial charge in [0, 0.05) is 24.0 Å². The number of hydrogen-bond acceptors (Lipinski definition) is 3. The molecule has 1 heterocycles. The van der Waals surface area contributed by atoms with Gasteiger partial charge in [-0.2, -0.15) is 0 Å². The Hall–Kier alpha value is -0.130. The minimum absolute atomic E-state index is 0.458. The summed E-state index contributed by atoms with van der Waals surface area (Å²) in [4.78, 5) is 13.7. The van der Waals surface area contributed by atoms with Gasteiger partial charge in [-0.05, 0) is 19.3 Å². The van der Waals surface area contributed by atoms with Crippen LogP contribution in [-0.2, 0) is 9.53 Å². The average Bonchev–Trinajstić information content (AvgIpc) is 2.94. The number of aliphatic carboxylic acids is 1. The summed E-state index contributed by atoms with van der Waals surface area (Å²) in [5.74, 6) is -0.171. The minimum Gasteiger partial charge on any atom is -0.479 e. The predicted molar refractivity (Wildman–Crippen MR) is 59.2 cm³/mol. The Morgan fingerprint density at radius 1 is 1.67 bits per heavy atom. The maximum absolute atomic E-state index is 10.8. The molecule has 2 rings (SSSR count). The van der Waals surface area contributed by atoms with Gasteiger partial charge in [0.05, 0.1) is 6.61 Å². The Labute approximate surface area is 97.7 Å². The van der Waals surface area contributed by atoms with E-state index in [0.717, 1.165) is 6.54 Å². The lowest BCUT2D eigenvalue weighted by Gasteiger charge is -2.35. The van der Waals surface area contributed by atoms with E-state index in [2.05, 4.69) is 27.8 Å². The normalized spacial score (nSPS) is 38.7. The second kappa shape index (κ2) is 4.39. The SMILES string of the molecule is CC(C1CC1Br)N1CCOC(C(=O)O)C1. The molecule has 86 valence electrons. The lowest BCUT2D eigenvalue weighted by Crippen LogP contribution is -2.50. The Kier molecular flexibility index (Phi) is 3.33. The van der Waals surface area contributed by atoms with Gasteiger partial charge < -0.3 is 9.84 Å². The van der Waals surface area contributed by atoms with Crippen LogP contribution in [0.25, 0.3) is 0 Å². The smallest absolute Gasteiger partial charge is 0.334 e. The van der Waals surface area contributed by atoms with E-state index >= 15 is 0 Å². The first-order chi connectivity index (χ1) is 7.09. The number of carbonyl (C=O) groups is 1. The number of ether oxygens (including phenoxy) is 1. The van der Waals surface area contributed by atoms with Gasteiger partial charge >= 0.3 is 5.97 Å². The van der Waals surface area contributed by atoms with Crippen LogP contribution in [0.5, 0.6) is 0 Å². The maximum Gasteiger partial charge on any atom is 0.334 e. The summed E-state index contributed by atoms with van der Waals surface area (Å²) in [6.07, 6.45) is 0.560. The van der Waals surface area contributed by atoms with Crippen LogP contribution in [0.4, 0.5) is 0 Å². The van der Waals surface area contributed by atoms with E-state index in [0.29, 0.717) is 29.9 Å². The van der Waals surface area contributed by atoms with E-state index in [1.54, 1.807) is 0 Å². The van der Waals surface area contributed by atoms with Crippen LogP contribution in [0.1, 0.15) is 13.3 Å². The molecule has 0 radical (unpaired) electrons. The Balaban J connectivity index is 1.89. The molecular formula is C10H16BrNO3. The third kappa shape index (κ3) is 2.52. The molecule has 4 unspecified atom stereocenters. The molecule has 1 saturated carbocycles. The first-order valence-corrected chi connectivity index (χ1v) is 6.23. The van der Waals surface area contributed by atoms with Crippen LogP contribution >= 0.6 is 15.9 Å². The van der Waals surface area contributed by atoms with Crippen LogP contribution in [0.3, 0.4) is 0 Å². The number of morpholine rings is 1. The molecule has 4 atom stereocenters. The van der Waals surface area contributed by atoms with Crippen molar-refractivity contribution in [3.63, 3.8) is 0 Å². The summed E-state index contributed by atoms with van der Waals surface area (Å²) in [7, 11) is 0. The summed E-state index contributed by atoms with van der Waals surface area (Å²) in [6.45, 7) is 4.07. The lowest BCUT2D eigenvalue weighted by molar-refractivity contribution is -0.157. The summed E-state index contributed by atoms with van der Waals surface area (Å²) in [6, 6.07) is 0.458. The zero-order valence-corrected chi connectivity index (χ0v) is 10.3. The average molecular weight is 278 g/mol. The summed E-state index contributed by atoms with van der Waals surface area (Å²) >= 11 is 3.59. The molecule has 5 heteroatoms. The molecule has 0 bridgehead atoms. The van der Waals surface area contributed by atoms with Crippen LogP contribution in [0, 0.1) is 5.92 Å². The molecule has 4 nitrogen and oxygen atoms in total. The van der Waals surface area contributed by atoms with Crippen molar-refractivity contribution in [2.45, 2.75) is 30.3 Å². The Morgan fingerprint density at radius 3 is 2.87 bits per heavy atom. The van der Waals surface area contributed by atoms with Crippen LogP contribution in [-0.4, -0.2) is 52.6 Å². The fourth-order valence-corrected chi connectivity index (χ4v) is 3.01. The summed E-state index contributed by atoms with van der Waals surface area (Å²) in [5.41, 5.74) is 0. The monoisotopic (exact) mass is 277 g/mol. The van der Waals surface area contributed by atoms with Crippen molar-refractivity contribution in [3.8, 4) is 0 Å². The highest BCUT2D eigenvalue weighted by molar-refractivity contribution is 9.09.